The van der Waals surface area contributed by atoms with Crippen LogP contribution in [0.2, 0.25) is 0 Å². The number of nitrogens with zero attached hydrogens (tertiary/aromatic N) is 2. The molecule has 1 N–H and O–H groups in total. The molecule has 0 atom stereocenters. The number of carbonyl (C=O) groups is 1. The molecular weight excluding hydrogens is 419 g/mol. The van der Waals surface area contributed by atoms with Crippen LogP contribution in [0.25, 0.3) is 16.8 Å². The van der Waals surface area contributed by atoms with Crippen LogP contribution < -0.4 is 0 Å². The van der Waals surface area contributed by atoms with Crippen LogP contribution in [0.4, 0.5) is 9.18 Å². The van der Waals surface area contributed by atoms with E-state index in [0.29, 0.717) is 19.5 Å². The van der Waals surface area contributed by atoms with Crippen molar-refractivity contribution >= 4 is 15.9 Å². The molecule has 0 saturated heterocycles. The Morgan fingerprint density at radius 2 is 1.84 bits per heavy atom. The second-order valence-corrected chi connectivity index (χ2v) is 9.38. The minimum absolute atomic E-state index is 0.212. The van der Waals surface area contributed by atoms with E-state index in [1.54, 1.807) is 37.3 Å². The molecule has 0 aliphatic rings. The summed E-state index contributed by atoms with van der Waals surface area (Å²) in [5.41, 5.74) is 4.09. The highest BCUT2D eigenvalue weighted by atomic mass is 32.2. The van der Waals surface area contributed by atoms with E-state index in [-0.39, 0.29) is 10.7 Å². The third kappa shape index (κ3) is 4.96. The van der Waals surface area contributed by atoms with E-state index in [1.807, 2.05) is 23.8 Å². The molecule has 1 amide bonds. The fourth-order valence-electron chi connectivity index (χ4n) is 3.61. The van der Waals surface area contributed by atoms with E-state index in [2.05, 4.69) is 0 Å². The molecule has 0 saturated carbocycles. The van der Waals surface area contributed by atoms with Gasteiger partial charge in [-0.3, -0.25) is 0 Å². The van der Waals surface area contributed by atoms with Crippen LogP contribution in [-0.2, 0) is 16.3 Å². The molecule has 1 aromatic heterocycles. The lowest BCUT2D eigenvalue weighted by atomic mass is 10.0. The topological polar surface area (TPSA) is 79.6 Å². The molecule has 31 heavy (non-hydrogen) atoms. The van der Waals surface area contributed by atoms with Crippen LogP contribution in [0.1, 0.15) is 18.2 Å². The van der Waals surface area contributed by atoms with Crippen molar-refractivity contribution in [2.24, 2.45) is 0 Å². The minimum atomic E-state index is -3.38. The molecule has 164 valence electrons. The summed E-state index contributed by atoms with van der Waals surface area (Å²) in [5, 5.41) is 9.36. The Morgan fingerprint density at radius 3 is 2.42 bits per heavy atom. The highest BCUT2D eigenvalue weighted by molar-refractivity contribution is 7.90. The van der Waals surface area contributed by atoms with Gasteiger partial charge in [0.1, 0.15) is 5.82 Å². The Morgan fingerprint density at radius 1 is 1.16 bits per heavy atom. The number of benzene rings is 2. The van der Waals surface area contributed by atoms with E-state index < -0.39 is 15.9 Å². The van der Waals surface area contributed by atoms with Crippen LogP contribution in [0, 0.1) is 12.7 Å². The molecule has 0 bridgehead atoms. The van der Waals surface area contributed by atoms with Gasteiger partial charge in [-0.05, 0) is 67.8 Å². The Kier molecular flexibility index (Phi) is 6.50. The Hall–Kier alpha value is -3.13. The standard InChI is InChI=1S/C23H25FN2O4S/c1-4-25(23(27)28)13-12-21-16(2)26(19-10-8-18(24)9-11-19)15-22(21)17-6-5-7-20(14-17)31(3,29)30/h5-11,14-15H,4,12-13H2,1-3H3,(H,27,28). The number of carboxylic acid groups (broad SMARTS) is 1. The lowest BCUT2D eigenvalue weighted by molar-refractivity contribution is 0.148. The molecule has 3 rings (SSSR count). The molecule has 8 heteroatoms. The van der Waals surface area contributed by atoms with Crippen molar-refractivity contribution in [2.75, 3.05) is 19.3 Å². The van der Waals surface area contributed by atoms with Gasteiger partial charge in [-0.25, -0.2) is 17.6 Å². The molecule has 0 unspecified atom stereocenters. The molecule has 3 aromatic rings. The zero-order valence-corrected chi connectivity index (χ0v) is 18.5. The van der Waals surface area contributed by atoms with Gasteiger partial charge >= 0.3 is 6.09 Å². The first kappa shape index (κ1) is 22.6. The average Bonchev–Trinajstić information content (AvgIpc) is 3.05. The number of hydrogen-bond acceptors (Lipinski definition) is 3. The van der Waals surface area contributed by atoms with Gasteiger partial charge in [0.05, 0.1) is 4.90 Å². The fourth-order valence-corrected chi connectivity index (χ4v) is 4.28. The van der Waals surface area contributed by atoms with E-state index in [0.717, 1.165) is 34.3 Å². The molecule has 1 heterocycles. The van der Waals surface area contributed by atoms with Gasteiger partial charge in [0, 0.05) is 42.5 Å². The smallest absolute Gasteiger partial charge is 0.407 e. The van der Waals surface area contributed by atoms with Crippen molar-refractivity contribution in [3.05, 3.63) is 71.8 Å². The maximum Gasteiger partial charge on any atom is 0.407 e. The minimum Gasteiger partial charge on any atom is -0.465 e. The molecule has 0 aliphatic heterocycles. The van der Waals surface area contributed by atoms with Crippen molar-refractivity contribution in [1.82, 2.24) is 9.47 Å². The molecule has 0 radical (unpaired) electrons. The third-order valence-electron chi connectivity index (χ3n) is 5.34. The van der Waals surface area contributed by atoms with Gasteiger partial charge in [-0.1, -0.05) is 12.1 Å². The summed E-state index contributed by atoms with van der Waals surface area (Å²) in [7, 11) is -3.38. The SMILES string of the molecule is CCN(CCc1c(-c2cccc(S(C)(=O)=O)c2)cn(-c2ccc(F)cc2)c1C)C(=O)O. The molecule has 0 aliphatic carbocycles. The second-order valence-electron chi connectivity index (χ2n) is 7.37. The van der Waals surface area contributed by atoms with Crippen LogP contribution in [0.3, 0.4) is 0 Å². The quantitative estimate of drug-likeness (QED) is 0.580. The summed E-state index contributed by atoms with van der Waals surface area (Å²) in [6.07, 6.45) is 2.52. The zero-order chi connectivity index (χ0) is 22.8. The van der Waals surface area contributed by atoms with Crippen LogP contribution in [-0.4, -0.2) is 48.4 Å². The fraction of sp³-hybridized carbons (Fsp3) is 0.261. The summed E-state index contributed by atoms with van der Waals surface area (Å²) < 4.78 is 39.4. The van der Waals surface area contributed by atoms with Crippen molar-refractivity contribution in [3.8, 4) is 16.8 Å². The molecule has 2 aromatic carbocycles. The third-order valence-corrected chi connectivity index (χ3v) is 6.45. The lowest BCUT2D eigenvalue weighted by Crippen LogP contribution is -2.31. The average molecular weight is 445 g/mol. The first-order chi connectivity index (χ1) is 14.6. The first-order valence-corrected chi connectivity index (χ1v) is 11.8. The Labute approximate surface area is 181 Å². The van der Waals surface area contributed by atoms with Crippen LogP contribution >= 0.6 is 0 Å². The number of likely N-dealkylation sites (N-methyl/N-ethyl adjacent to an activating group) is 1. The summed E-state index contributed by atoms with van der Waals surface area (Å²) in [5.74, 6) is -0.338. The number of amides is 1. The second kappa shape index (κ2) is 8.93. The predicted octanol–water partition coefficient (Wildman–Crippen LogP) is 4.54. The molecule has 6 nitrogen and oxygen atoms in total. The van der Waals surface area contributed by atoms with Crippen molar-refractivity contribution in [3.63, 3.8) is 0 Å². The molecule has 0 fully saturated rings. The summed E-state index contributed by atoms with van der Waals surface area (Å²) in [6, 6.07) is 12.8. The maximum absolute atomic E-state index is 13.4. The summed E-state index contributed by atoms with van der Waals surface area (Å²) in [6.45, 7) is 4.37. The summed E-state index contributed by atoms with van der Waals surface area (Å²) in [4.78, 5) is 13.0. The van der Waals surface area contributed by atoms with Gasteiger partial charge < -0.3 is 14.6 Å². The number of hydrogen-bond donors (Lipinski definition) is 1. The van der Waals surface area contributed by atoms with E-state index in [9.17, 15) is 22.7 Å². The number of aromatic nitrogens is 1. The highest BCUT2D eigenvalue weighted by Gasteiger charge is 2.19. The summed E-state index contributed by atoms with van der Waals surface area (Å²) >= 11 is 0. The first-order valence-electron chi connectivity index (χ1n) is 9.87. The van der Waals surface area contributed by atoms with Gasteiger partial charge in [-0.2, -0.15) is 0 Å². The normalized spacial score (nSPS) is 11.5. The van der Waals surface area contributed by atoms with Crippen molar-refractivity contribution < 1.29 is 22.7 Å². The van der Waals surface area contributed by atoms with E-state index >= 15 is 0 Å². The number of sulfone groups is 1. The highest BCUT2D eigenvalue weighted by Crippen LogP contribution is 2.32. The lowest BCUT2D eigenvalue weighted by Gasteiger charge is -2.17. The van der Waals surface area contributed by atoms with E-state index in [4.69, 9.17) is 0 Å². The monoisotopic (exact) mass is 444 g/mol. The van der Waals surface area contributed by atoms with Gasteiger partial charge in [0.2, 0.25) is 0 Å². The molecule has 0 spiro atoms. The number of halogens is 1. The Balaban J connectivity index is 2.13. The van der Waals surface area contributed by atoms with Gasteiger partial charge in [0.25, 0.3) is 0 Å². The van der Waals surface area contributed by atoms with Crippen LogP contribution in [0.15, 0.2) is 59.6 Å². The molecular formula is C23H25FN2O4S. The Bertz CT molecular complexity index is 1200. The number of rotatable bonds is 7. The van der Waals surface area contributed by atoms with Crippen molar-refractivity contribution in [2.45, 2.75) is 25.2 Å². The zero-order valence-electron chi connectivity index (χ0n) is 17.7. The predicted molar refractivity (Wildman–Crippen MR) is 118 cm³/mol. The van der Waals surface area contributed by atoms with Crippen molar-refractivity contribution in [1.29, 1.82) is 0 Å². The van der Waals surface area contributed by atoms with Gasteiger partial charge in [0.15, 0.2) is 9.84 Å². The van der Waals surface area contributed by atoms with Gasteiger partial charge in [-0.15, -0.1) is 0 Å². The maximum atomic E-state index is 13.4. The largest absolute Gasteiger partial charge is 0.465 e. The van der Waals surface area contributed by atoms with Crippen LogP contribution in [0.5, 0.6) is 0 Å². The van der Waals surface area contributed by atoms with E-state index in [1.165, 1.54) is 17.0 Å².